The van der Waals surface area contributed by atoms with Crippen LogP contribution in [-0.4, -0.2) is 17.8 Å². The van der Waals surface area contributed by atoms with Crippen molar-refractivity contribution in [1.82, 2.24) is 0 Å². The summed E-state index contributed by atoms with van der Waals surface area (Å²) in [4.78, 5) is 38.8. The van der Waals surface area contributed by atoms with Gasteiger partial charge in [0.2, 0.25) is 0 Å². The molecule has 3 aromatic carbocycles. The van der Waals surface area contributed by atoms with E-state index in [4.69, 9.17) is 4.74 Å². The zero-order valence-corrected chi connectivity index (χ0v) is 14.5. The van der Waals surface area contributed by atoms with E-state index in [0.717, 1.165) is 10.5 Å². The van der Waals surface area contributed by atoms with Gasteiger partial charge in [-0.15, -0.1) is 0 Å². The summed E-state index contributed by atoms with van der Waals surface area (Å²) >= 11 is 0. The van der Waals surface area contributed by atoms with Crippen LogP contribution in [0.2, 0.25) is 0 Å². The van der Waals surface area contributed by atoms with Gasteiger partial charge < -0.3 is 4.74 Å². The summed E-state index contributed by atoms with van der Waals surface area (Å²) in [5.41, 5.74) is 2.14. The van der Waals surface area contributed by atoms with Gasteiger partial charge in [0.15, 0.2) is 0 Å². The Hall–Kier alpha value is -3.73. The third-order valence-corrected chi connectivity index (χ3v) is 4.43. The number of hydrogen-bond acceptors (Lipinski definition) is 4. The van der Waals surface area contributed by atoms with Crippen LogP contribution in [0.15, 0.2) is 72.8 Å². The SMILES string of the molecule is Cc1ccccc1OC(=O)c1cccc(N2C(=O)c3ccccc3C2=O)c1. The van der Waals surface area contributed by atoms with Gasteiger partial charge in [-0.3, -0.25) is 9.59 Å². The molecule has 4 rings (SSSR count). The fraction of sp³-hybridized carbons (Fsp3) is 0.0455. The maximum Gasteiger partial charge on any atom is 0.343 e. The molecule has 0 spiro atoms. The Kier molecular flexibility index (Phi) is 4.05. The van der Waals surface area contributed by atoms with E-state index in [-0.39, 0.29) is 5.56 Å². The monoisotopic (exact) mass is 357 g/mol. The van der Waals surface area contributed by atoms with Crippen LogP contribution in [0.3, 0.4) is 0 Å². The second-order valence-electron chi connectivity index (χ2n) is 6.20. The van der Waals surface area contributed by atoms with Crippen molar-refractivity contribution in [3.05, 3.63) is 95.1 Å². The largest absolute Gasteiger partial charge is 0.423 e. The molecule has 0 unspecified atom stereocenters. The fourth-order valence-electron chi connectivity index (χ4n) is 3.03. The molecule has 5 nitrogen and oxygen atoms in total. The summed E-state index contributed by atoms with van der Waals surface area (Å²) in [6.45, 7) is 1.85. The van der Waals surface area contributed by atoms with Crippen LogP contribution >= 0.6 is 0 Å². The van der Waals surface area contributed by atoms with E-state index in [1.165, 1.54) is 6.07 Å². The first-order valence-electron chi connectivity index (χ1n) is 8.42. The van der Waals surface area contributed by atoms with Gasteiger partial charge >= 0.3 is 5.97 Å². The highest BCUT2D eigenvalue weighted by molar-refractivity contribution is 6.34. The third-order valence-electron chi connectivity index (χ3n) is 4.43. The van der Waals surface area contributed by atoms with E-state index >= 15 is 0 Å². The summed E-state index contributed by atoms with van der Waals surface area (Å²) in [6, 6.07) is 20.2. The van der Waals surface area contributed by atoms with Gasteiger partial charge in [0.05, 0.1) is 22.4 Å². The molecule has 0 saturated heterocycles. The topological polar surface area (TPSA) is 63.7 Å². The molecular formula is C22H15NO4. The third kappa shape index (κ3) is 2.89. The van der Waals surface area contributed by atoms with Crippen LogP contribution in [-0.2, 0) is 0 Å². The molecule has 0 bridgehead atoms. The Bertz CT molecular complexity index is 1050. The Morgan fingerprint density at radius 3 is 2.11 bits per heavy atom. The lowest BCUT2D eigenvalue weighted by atomic mass is 10.1. The number of carbonyl (C=O) groups excluding carboxylic acids is 3. The summed E-state index contributed by atoms with van der Waals surface area (Å²) in [6.07, 6.45) is 0. The molecule has 132 valence electrons. The molecule has 0 N–H and O–H groups in total. The van der Waals surface area contributed by atoms with Crippen molar-refractivity contribution < 1.29 is 19.1 Å². The van der Waals surface area contributed by atoms with Crippen molar-refractivity contribution in [3.8, 4) is 5.75 Å². The minimum Gasteiger partial charge on any atom is -0.423 e. The zero-order chi connectivity index (χ0) is 19.0. The Labute approximate surface area is 155 Å². The van der Waals surface area contributed by atoms with Gasteiger partial charge in [0.25, 0.3) is 11.8 Å². The molecule has 1 heterocycles. The van der Waals surface area contributed by atoms with Crippen molar-refractivity contribution in [2.45, 2.75) is 6.92 Å². The van der Waals surface area contributed by atoms with E-state index in [2.05, 4.69) is 0 Å². The van der Waals surface area contributed by atoms with Crippen LogP contribution in [0.25, 0.3) is 0 Å². The minimum atomic E-state index is -0.553. The highest BCUT2D eigenvalue weighted by Gasteiger charge is 2.36. The molecule has 3 aromatic rings. The minimum absolute atomic E-state index is 0.257. The molecule has 1 aliphatic rings. The van der Waals surface area contributed by atoms with Crippen molar-refractivity contribution >= 4 is 23.5 Å². The lowest BCUT2D eigenvalue weighted by molar-refractivity contribution is 0.0732. The predicted molar refractivity (Wildman–Crippen MR) is 100 cm³/mol. The number of esters is 1. The summed E-state index contributed by atoms with van der Waals surface area (Å²) in [7, 11) is 0. The van der Waals surface area contributed by atoms with E-state index in [1.807, 2.05) is 19.1 Å². The highest BCUT2D eigenvalue weighted by atomic mass is 16.5. The van der Waals surface area contributed by atoms with Crippen LogP contribution in [0.1, 0.15) is 36.6 Å². The fourth-order valence-corrected chi connectivity index (χ4v) is 3.03. The number of rotatable bonds is 3. The molecular weight excluding hydrogens is 342 g/mol. The van der Waals surface area contributed by atoms with Crippen LogP contribution in [0, 0.1) is 6.92 Å². The molecule has 0 fully saturated rings. The number of amides is 2. The quantitative estimate of drug-likeness (QED) is 0.404. The number of imide groups is 1. The molecule has 27 heavy (non-hydrogen) atoms. The first-order chi connectivity index (χ1) is 13.1. The number of aryl methyl sites for hydroxylation is 1. The number of anilines is 1. The molecule has 0 atom stereocenters. The number of hydrogen-bond donors (Lipinski definition) is 0. The van der Waals surface area contributed by atoms with Crippen LogP contribution in [0.4, 0.5) is 5.69 Å². The van der Waals surface area contributed by atoms with Gasteiger partial charge in [0, 0.05) is 0 Å². The smallest absolute Gasteiger partial charge is 0.343 e. The zero-order valence-electron chi connectivity index (χ0n) is 14.5. The maximum absolute atomic E-state index is 12.6. The molecule has 0 aromatic heterocycles. The molecule has 0 saturated carbocycles. The Morgan fingerprint density at radius 2 is 1.44 bits per heavy atom. The van der Waals surface area contributed by atoms with Gasteiger partial charge in [-0.2, -0.15) is 0 Å². The van der Waals surface area contributed by atoms with Crippen molar-refractivity contribution in [2.75, 3.05) is 4.90 Å². The number of fused-ring (bicyclic) bond motifs is 1. The molecule has 0 aliphatic carbocycles. The number of ether oxygens (including phenoxy) is 1. The lowest BCUT2D eigenvalue weighted by Gasteiger charge is -2.15. The molecule has 5 heteroatoms. The van der Waals surface area contributed by atoms with Crippen LogP contribution in [0.5, 0.6) is 5.75 Å². The Morgan fingerprint density at radius 1 is 0.815 bits per heavy atom. The normalized spacial score (nSPS) is 12.9. The highest BCUT2D eigenvalue weighted by Crippen LogP contribution is 2.29. The van der Waals surface area contributed by atoms with Gasteiger partial charge in [-0.1, -0.05) is 36.4 Å². The maximum atomic E-state index is 12.6. The van der Waals surface area contributed by atoms with Crippen molar-refractivity contribution in [3.63, 3.8) is 0 Å². The lowest BCUT2D eigenvalue weighted by Crippen LogP contribution is -2.29. The van der Waals surface area contributed by atoms with Crippen molar-refractivity contribution in [1.29, 1.82) is 0 Å². The number of carbonyl (C=O) groups is 3. The van der Waals surface area contributed by atoms with Gasteiger partial charge in [0.1, 0.15) is 5.75 Å². The van der Waals surface area contributed by atoms with Gasteiger partial charge in [-0.25, -0.2) is 9.69 Å². The van der Waals surface area contributed by atoms with E-state index in [9.17, 15) is 14.4 Å². The van der Waals surface area contributed by atoms with Crippen molar-refractivity contribution in [2.24, 2.45) is 0 Å². The molecule has 0 radical (unpaired) electrons. The average molecular weight is 357 g/mol. The second kappa shape index (κ2) is 6.53. The summed E-state index contributed by atoms with van der Waals surface area (Å²) in [5.74, 6) is -0.892. The summed E-state index contributed by atoms with van der Waals surface area (Å²) in [5, 5.41) is 0. The summed E-state index contributed by atoms with van der Waals surface area (Å²) < 4.78 is 5.44. The number of nitrogens with zero attached hydrogens (tertiary/aromatic N) is 1. The molecule has 2 amide bonds. The Balaban J connectivity index is 1.64. The first-order valence-corrected chi connectivity index (χ1v) is 8.42. The standard InChI is InChI=1S/C22H15NO4/c1-14-7-2-5-12-19(14)27-22(26)15-8-6-9-16(13-15)23-20(24)17-10-3-4-11-18(17)21(23)25/h2-13H,1H3. The van der Waals surface area contributed by atoms with E-state index in [0.29, 0.717) is 22.6 Å². The van der Waals surface area contributed by atoms with E-state index in [1.54, 1.807) is 54.6 Å². The second-order valence-corrected chi connectivity index (χ2v) is 6.20. The van der Waals surface area contributed by atoms with E-state index < -0.39 is 17.8 Å². The van der Waals surface area contributed by atoms with Gasteiger partial charge in [-0.05, 0) is 48.9 Å². The number of para-hydroxylation sites is 1. The first kappa shape index (κ1) is 16.7. The average Bonchev–Trinajstić information content (AvgIpc) is 2.94. The molecule has 1 aliphatic heterocycles. The number of benzene rings is 3. The van der Waals surface area contributed by atoms with Crippen LogP contribution < -0.4 is 9.64 Å². The predicted octanol–water partition coefficient (Wildman–Crippen LogP) is 4.01.